The van der Waals surface area contributed by atoms with Crippen molar-refractivity contribution in [3.05, 3.63) is 53.9 Å². The van der Waals surface area contributed by atoms with Gasteiger partial charge in [0.1, 0.15) is 35.3 Å². The molecule has 0 unspecified atom stereocenters. The monoisotopic (exact) mass is 748 g/mol. The zero-order valence-electron chi connectivity index (χ0n) is 30.8. The Hall–Kier alpha value is -4.50. The van der Waals surface area contributed by atoms with Crippen LogP contribution in [0.2, 0.25) is 0 Å². The molecule has 2 N–H and O–H groups in total. The molecule has 14 nitrogen and oxygen atoms in total. The third-order valence-corrected chi connectivity index (χ3v) is 12.6. The van der Waals surface area contributed by atoms with Crippen LogP contribution in [0.1, 0.15) is 82.9 Å². The second-order valence-electron chi connectivity index (χ2n) is 15.0. The average Bonchev–Trinajstić information content (AvgIpc) is 4.00. The minimum atomic E-state index is -3.85. The fraction of sp³-hybridized carbons (Fsp3) is 0.553. The Morgan fingerprint density at radius 2 is 1.94 bits per heavy atom. The number of hydrogen-bond acceptors (Lipinski definition) is 10. The SMILES string of the molecule is COc1ccc2c(O[C@@H]3C[C@H]4C(=O)N[C@]5(C(=O)NS(=O)(=O)C6CC6)C[C@H]5/C=C\CCCCO[C@H](C)C(=O)N4C3)cc(-n3ccc(C(C)C)n3)nc2c1C. The summed E-state index contributed by atoms with van der Waals surface area (Å²) >= 11 is 0. The van der Waals surface area contributed by atoms with Gasteiger partial charge < -0.3 is 24.4 Å². The van der Waals surface area contributed by atoms with E-state index in [1.807, 2.05) is 43.5 Å². The number of rotatable bonds is 8. The summed E-state index contributed by atoms with van der Waals surface area (Å²) in [5, 5.41) is 7.76. The van der Waals surface area contributed by atoms with Crippen LogP contribution in [0.4, 0.5) is 0 Å². The number of pyridine rings is 1. The lowest BCUT2D eigenvalue weighted by Gasteiger charge is -2.28. The number of amides is 3. The lowest BCUT2D eigenvalue weighted by molar-refractivity contribution is -0.147. The molecular formula is C38H48N6O8S. The predicted octanol–water partition coefficient (Wildman–Crippen LogP) is 3.84. The molecule has 2 saturated carbocycles. The molecule has 5 atom stereocenters. The fourth-order valence-corrected chi connectivity index (χ4v) is 8.65. The summed E-state index contributed by atoms with van der Waals surface area (Å²) in [6, 6.07) is 6.46. The van der Waals surface area contributed by atoms with Crippen LogP contribution in [-0.4, -0.2) is 95.1 Å². The number of nitrogens with one attached hydrogen (secondary N) is 2. The minimum absolute atomic E-state index is 0.0801. The molecule has 3 fully saturated rings. The maximum Gasteiger partial charge on any atom is 0.259 e. The van der Waals surface area contributed by atoms with Crippen LogP contribution in [0.25, 0.3) is 16.7 Å². The van der Waals surface area contributed by atoms with Crippen LogP contribution >= 0.6 is 0 Å². The number of nitrogens with zero attached hydrogens (tertiary/aromatic N) is 4. The highest BCUT2D eigenvalue weighted by atomic mass is 32.2. The van der Waals surface area contributed by atoms with E-state index < -0.39 is 50.9 Å². The van der Waals surface area contributed by atoms with Crippen LogP contribution in [0.3, 0.4) is 0 Å². The van der Waals surface area contributed by atoms with E-state index in [0.29, 0.717) is 42.3 Å². The lowest BCUT2D eigenvalue weighted by Crippen LogP contribution is -2.57. The number of aromatic nitrogens is 3. The summed E-state index contributed by atoms with van der Waals surface area (Å²) in [6.07, 6.45) is 7.85. The number of carbonyl (C=O) groups excluding carboxylic acids is 3. The zero-order valence-corrected chi connectivity index (χ0v) is 31.6. The van der Waals surface area contributed by atoms with Crippen molar-refractivity contribution in [3.8, 4) is 17.3 Å². The highest BCUT2D eigenvalue weighted by Crippen LogP contribution is 2.46. The van der Waals surface area contributed by atoms with E-state index in [1.165, 1.54) is 4.90 Å². The van der Waals surface area contributed by atoms with Gasteiger partial charge in [0.05, 0.1) is 30.1 Å². The van der Waals surface area contributed by atoms with Gasteiger partial charge in [0, 0.05) is 42.2 Å². The summed E-state index contributed by atoms with van der Waals surface area (Å²) in [7, 11) is -2.25. The molecule has 284 valence electrons. The van der Waals surface area contributed by atoms with Gasteiger partial charge in [-0.15, -0.1) is 0 Å². The smallest absolute Gasteiger partial charge is 0.259 e. The molecule has 0 radical (unpaired) electrons. The van der Waals surface area contributed by atoms with Gasteiger partial charge in [0.2, 0.25) is 15.9 Å². The van der Waals surface area contributed by atoms with E-state index in [2.05, 4.69) is 23.9 Å². The standard InChI is InChI=1S/C38H48N6O8S/c1-22(2)29-15-16-44(41-29)33-19-32(28-13-14-31(50-5)23(3)34(28)39-33)52-26-18-30-35(45)40-38(37(47)42-53(48,49)27-11-12-27)20-25(38)10-8-6-7-9-17-51-24(4)36(46)43(30)21-26/h8,10,13-16,19,22,24-27,30H,6-7,9,11-12,17-18,20-21H2,1-5H3,(H,40,45)(H,42,47)/b10-8-/t24-,25-,26-,30+,38-/m1/s1. The molecule has 3 aromatic rings. The average molecular weight is 749 g/mol. The van der Waals surface area contributed by atoms with Crippen molar-refractivity contribution in [2.45, 2.75) is 108 Å². The number of benzene rings is 1. The molecule has 15 heteroatoms. The van der Waals surface area contributed by atoms with Crippen LogP contribution in [-0.2, 0) is 29.1 Å². The molecule has 1 aromatic carbocycles. The molecule has 4 aliphatic rings. The first kappa shape index (κ1) is 36.8. The van der Waals surface area contributed by atoms with Crippen LogP contribution in [0, 0.1) is 12.8 Å². The number of fused-ring (bicyclic) bond motifs is 3. The van der Waals surface area contributed by atoms with Gasteiger partial charge in [-0.3, -0.25) is 19.1 Å². The van der Waals surface area contributed by atoms with E-state index in [1.54, 1.807) is 24.8 Å². The summed E-state index contributed by atoms with van der Waals surface area (Å²) in [5.41, 5.74) is 0.927. The summed E-state index contributed by atoms with van der Waals surface area (Å²) < 4.78 is 47.8. The normalized spacial score (nSPS) is 27.3. The number of ether oxygens (including phenoxy) is 3. The van der Waals surface area contributed by atoms with Crippen molar-refractivity contribution in [1.82, 2.24) is 29.7 Å². The fourth-order valence-electron chi connectivity index (χ4n) is 7.29. The molecule has 7 rings (SSSR count). The first-order valence-electron chi connectivity index (χ1n) is 18.5. The Balaban J connectivity index is 1.21. The molecule has 1 saturated heterocycles. The second kappa shape index (κ2) is 14.4. The summed E-state index contributed by atoms with van der Waals surface area (Å²) in [4.78, 5) is 48.3. The van der Waals surface area contributed by atoms with Crippen molar-refractivity contribution in [3.63, 3.8) is 0 Å². The third kappa shape index (κ3) is 7.37. The number of sulfonamides is 1. The van der Waals surface area contributed by atoms with Gasteiger partial charge in [-0.2, -0.15) is 5.10 Å². The Labute approximate surface area is 309 Å². The lowest BCUT2D eigenvalue weighted by atomic mass is 10.1. The highest BCUT2D eigenvalue weighted by molar-refractivity contribution is 7.91. The van der Waals surface area contributed by atoms with Crippen molar-refractivity contribution < 1.29 is 37.0 Å². The van der Waals surface area contributed by atoms with Crippen molar-refractivity contribution >= 4 is 38.6 Å². The second-order valence-corrected chi connectivity index (χ2v) is 16.9. The third-order valence-electron chi connectivity index (χ3n) is 10.7. The van der Waals surface area contributed by atoms with Gasteiger partial charge in [-0.25, -0.2) is 18.1 Å². The summed E-state index contributed by atoms with van der Waals surface area (Å²) in [6.45, 7) is 8.18. The van der Waals surface area contributed by atoms with Gasteiger partial charge in [-0.1, -0.05) is 26.0 Å². The van der Waals surface area contributed by atoms with E-state index in [-0.39, 0.29) is 37.1 Å². The number of allylic oxidation sites excluding steroid dienone is 1. The van der Waals surface area contributed by atoms with Crippen molar-refractivity contribution in [2.24, 2.45) is 5.92 Å². The number of methoxy groups -OCH3 is 1. The largest absolute Gasteiger partial charge is 0.496 e. The van der Waals surface area contributed by atoms with Gasteiger partial charge >= 0.3 is 0 Å². The van der Waals surface area contributed by atoms with E-state index in [0.717, 1.165) is 35.9 Å². The number of hydrogen-bond donors (Lipinski definition) is 2. The Morgan fingerprint density at radius 3 is 2.66 bits per heavy atom. The quantitative estimate of drug-likeness (QED) is 0.323. The first-order valence-corrected chi connectivity index (χ1v) is 20.0. The molecule has 53 heavy (non-hydrogen) atoms. The predicted molar refractivity (Wildman–Crippen MR) is 196 cm³/mol. The maximum absolute atomic E-state index is 14.3. The van der Waals surface area contributed by atoms with Crippen molar-refractivity contribution in [2.75, 3.05) is 20.3 Å². The molecule has 0 spiro atoms. The van der Waals surface area contributed by atoms with Gasteiger partial charge in [0.15, 0.2) is 5.82 Å². The highest BCUT2D eigenvalue weighted by Gasteiger charge is 2.62. The van der Waals surface area contributed by atoms with E-state index >= 15 is 0 Å². The van der Waals surface area contributed by atoms with Crippen LogP contribution in [0.5, 0.6) is 11.5 Å². The molecule has 4 heterocycles. The number of carbonyl (C=O) groups is 3. The van der Waals surface area contributed by atoms with Crippen LogP contribution < -0.4 is 19.5 Å². The molecule has 2 aliphatic carbocycles. The minimum Gasteiger partial charge on any atom is -0.496 e. The van der Waals surface area contributed by atoms with Crippen LogP contribution in [0.15, 0.2) is 42.6 Å². The van der Waals surface area contributed by atoms with Gasteiger partial charge in [0.25, 0.3) is 11.8 Å². The Kier molecular flexibility index (Phi) is 10.00. The Morgan fingerprint density at radius 1 is 1.15 bits per heavy atom. The molecule has 2 aromatic heterocycles. The van der Waals surface area contributed by atoms with Gasteiger partial charge in [-0.05, 0) is 76.5 Å². The molecule has 3 amide bonds. The van der Waals surface area contributed by atoms with E-state index in [9.17, 15) is 22.8 Å². The summed E-state index contributed by atoms with van der Waals surface area (Å²) in [5.74, 6) is -0.168. The first-order chi connectivity index (χ1) is 25.3. The molecular weight excluding hydrogens is 701 g/mol. The molecule has 0 bridgehead atoms. The maximum atomic E-state index is 14.3. The zero-order chi connectivity index (χ0) is 37.7. The Bertz CT molecular complexity index is 2060. The molecule has 2 aliphatic heterocycles. The van der Waals surface area contributed by atoms with E-state index in [4.69, 9.17) is 24.3 Å². The number of aryl methyl sites for hydroxylation is 1. The van der Waals surface area contributed by atoms with Crippen molar-refractivity contribution in [1.29, 1.82) is 0 Å². The topological polar surface area (TPSA) is 171 Å².